The van der Waals surface area contributed by atoms with Gasteiger partial charge in [0.15, 0.2) is 0 Å². The molecule has 63 heavy (non-hydrogen) atoms. The molecule has 0 fully saturated rings. The molecular weight excluding hydrogens is 761 g/mol. The van der Waals surface area contributed by atoms with Crippen LogP contribution in [0, 0.1) is 27.7 Å². The number of anilines is 3. The molecule has 0 radical (unpaired) electrons. The van der Waals surface area contributed by atoms with Crippen molar-refractivity contribution < 1.29 is 0 Å². The molecule has 0 unspecified atom stereocenters. The molecular formula is C61H50N2. The number of aromatic nitrogens is 1. The molecule has 1 heterocycles. The average Bonchev–Trinajstić information content (AvgIpc) is 3.74. The fourth-order valence-electron chi connectivity index (χ4n) is 10.3. The van der Waals surface area contributed by atoms with E-state index in [2.05, 4.69) is 245 Å². The summed E-state index contributed by atoms with van der Waals surface area (Å²) in [5.41, 5.74) is 24.6. The molecule has 0 saturated heterocycles. The van der Waals surface area contributed by atoms with E-state index in [-0.39, 0.29) is 5.41 Å². The Labute approximate surface area is 371 Å². The third kappa shape index (κ3) is 6.48. The zero-order valence-corrected chi connectivity index (χ0v) is 36.9. The standard InChI is InChI=1S/C61H50N2/c1-39-21-28-57(41(3)31-39)62(58-29-22-40(2)32-42(58)4)49-26-23-45(24-27-49)46-25-30-59-53(36-46)54-37-52-51-19-13-14-20-55(51)61(5,6)56(52)38-60(54)63(59)50-34-47(43-15-9-7-10-16-43)33-48(35-50)44-17-11-8-12-18-44/h7-38H,1-6H3. The molecule has 304 valence electrons. The van der Waals surface area contributed by atoms with Crippen LogP contribution in [0.5, 0.6) is 0 Å². The highest BCUT2D eigenvalue weighted by molar-refractivity contribution is 6.13. The maximum absolute atomic E-state index is 2.52. The maximum Gasteiger partial charge on any atom is 0.0544 e. The van der Waals surface area contributed by atoms with E-state index in [0.717, 1.165) is 11.4 Å². The first-order valence-corrected chi connectivity index (χ1v) is 22.2. The average molecular weight is 811 g/mol. The van der Waals surface area contributed by atoms with Crippen LogP contribution < -0.4 is 4.90 Å². The number of rotatable bonds is 7. The van der Waals surface area contributed by atoms with Crippen molar-refractivity contribution in [3.63, 3.8) is 0 Å². The summed E-state index contributed by atoms with van der Waals surface area (Å²) in [4.78, 5) is 2.41. The maximum atomic E-state index is 2.52. The van der Waals surface area contributed by atoms with Crippen LogP contribution in [-0.4, -0.2) is 4.57 Å². The van der Waals surface area contributed by atoms with Gasteiger partial charge in [-0.1, -0.05) is 152 Å². The van der Waals surface area contributed by atoms with Gasteiger partial charge in [-0.2, -0.15) is 0 Å². The Bertz CT molecular complexity index is 3280. The number of aryl methyl sites for hydroxylation is 4. The van der Waals surface area contributed by atoms with Crippen LogP contribution >= 0.6 is 0 Å². The van der Waals surface area contributed by atoms with E-state index >= 15 is 0 Å². The summed E-state index contributed by atoms with van der Waals surface area (Å²) in [5, 5.41) is 2.51. The van der Waals surface area contributed by atoms with E-state index in [1.54, 1.807) is 0 Å². The smallest absolute Gasteiger partial charge is 0.0544 e. The summed E-state index contributed by atoms with van der Waals surface area (Å²) in [6.45, 7) is 13.5. The highest BCUT2D eigenvalue weighted by Crippen LogP contribution is 2.51. The molecule has 1 aliphatic rings. The Balaban J connectivity index is 1.11. The lowest BCUT2D eigenvalue weighted by Gasteiger charge is -2.29. The second kappa shape index (κ2) is 14.9. The molecule has 2 heteroatoms. The fourth-order valence-corrected chi connectivity index (χ4v) is 10.3. The molecule has 1 aromatic heterocycles. The number of benzene rings is 9. The zero-order valence-electron chi connectivity index (χ0n) is 36.9. The summed E-state index contributed by atoms with van der Waals surface area (Å²) < 4.78 is 2.52. The predicted molar refractivity (Wildman–Crippen MR) is 268 cm³/mol. The van der Waals surface area contributed by atoms with Gasteiger partial charge in [-0.05, 0) is 161 Å². The van der Waals surface area contributed by atoms with Crippen LogP contribution in [0.25, 0.3) is 72.0 Å². The Morgan fingerprint density at radius 1 is 0.381 bits per heavy atom. The lowest BCUT2D eigenvalue weighted by atomic mass is 9.82. The minimum absolute atomic E-state index is 0.127. The third-order valence-electron chi connectivity index (χ3n) is 13.5. The first kappa shape index (κ1) is 38.5. The van der Waals surface area contributed by atoms with E-state index in [0.29, 0.717) is 0 Å². The number of nitrogens with zero attached hydrogens (tertiary/aromatic N) is 2. The van der Waals surface area contributed by atoms with Crippen molar-refractivity contribution in [1.82, 2.24) is 4.57 Å². The van der Waals surface area contributed by atoms with Gasteiger partial charge in [0.05, 0.1) is 11.0 Å². The second-order valence-electron chi connectivity index (χ2n) is 18.1. The van der Waals surface area contributed by atoms with Crippen LogP contribution in [0.2, 0.25) is 0 Å². The highest BCUT2D eigenvalue weighted by Gasteiger charge is 2.36. The van der Waals surface area contributed by atoms with Crippen molar-refractivity contribution in [3.05, 3.63) is 228 Å². The van der Waals surface area contributed by atoms with Crippen LogP contribution in [0.1, 0.15) is 47.2 Å². The minimum atomic E-state index is -0.127. The Kier molecular flexibility index (Phi) is 9.10. The van der Waals surface area contributed by atoms with Crippen LogP contribution in [-0.2, 0) is 5.41 Å². The van der Waals surface area contributed by atoms with Crippen molar-refractivity contribution >= 4 is 38.9 Å². The Hall–Kier alpha value is -7.42. The molecule has 0 spiro atoms. The van der Waals surface area contributed by atoms with Crippen LogP contribution in [0.15, 0.2) is 194 Å². The molecule has 10 aromatic rings. The quantitative estimate of drug-likeness (QED) is 0.156. The first-order valence-electron chi connectivity index (χ1n) is 22.2. The van der Waals surface area contributed by atoms with Gasteiger partial charge in [0.25, 0.3) is 0 Å². The van der Waals surface area contributed by atoms with E-state index in [1.807, 2.05) is 0 Å². The topological polar surface area (TPSA) is 8.17 Å². The molecule has 0 amide bonds. The summed E-state index contributed by atoms with van der Waals surface area (Å²) >= 11 is 0. The lowest BCUT2D eigenvalue weighted by Crippen LogP contribution is -2.14. The fraction of sp³-hybridized carbons (Fsp3) is 0.115. The molecule has 0 saturated carbocycles. The van der Waals surface area contributed by atoms with Gasteiger partial charge in [0, 0.05) is 38.9 Å². The summed E-state index contributed by atoms with van der Waals surface area (Å²) in [7, 11) is 0. The summed E-state index contributed by atoms with van der Waals surface area (Å²) in [6, 6.07) is 72.3. The molecule has 11 rings (SSSR count). The van der Waals surface area contributed by atoms with Crippen LogP contribution in [0.4, 0.5) is 17.1 Å². The second-order valence-corrected chi connectivity index (χ2v) is 18.1. The lowest BCUT2D eigenvalue weighted by molar-refractivity contribution is 0.661. The van der Waals surface area contributed by atoms with E-state index in [9.17, 15) is 0 Å². The predicted octanol–water partition coefficient (Wildman–Crippen LogP) is 16.8. The third-order valence-corrected chi connectivity index (χ3v) is 13.5. The van der Waals surface area contributed by atoms with Crippen molar-refractivity contribution in [3.8, 4) is 50.2 Å². The molecule has 0 N–H and O–H groups in total. The first-order chi connectivity index (χ1) is 30.6. The van der Waals surface area contributed by atoms with Crippen molar-refractivity contribution in [2.45, 2.75) is 47.0 Å². The number of fused-ring (bicyclic) bond motifs is 6. The largest absolute Gasteiger partial charge is 0.310 e. The Morgan fingerprint density at radius 3 is 1.52 bits per heavy atom. The number of hydrogen-bond acceptors (Lipinski definition) is 1. The van der Waals surface area contributed by atoms with Gasteiger partial charge in [0.2, 0.25) is 0 Å². The van der Waals surface area contributed by atoms with Crippen molar-refractivity contribution in [2.24, 2.45) is 0 Å². The molecule has 2 nitrogen and oxygen atoms in total. The molecule has 9 aromatic carbocycles. The van der Waals surface area contributed by atoms with Crippen LogP contribution in [0.3, 0.4) is 0 Å². The van der Waals surface area contributed by atoms with Gasteiger partial charge in [-0.25, -0.2) is 0 Å². The van der Waals surface area contributed by atoms with Gasteiger partial charge in [0.1, 0.15) is 0 Å². The minimum Gasteiger partial charge on any atom is -0.310 e. The van der Waals surface area contributed by atoms with Gasteiger partial charge < -0.3 is 9.47 Å². The van der Waals surface area contributed by atoms with E-state index in [4.69, 9.17) is 0 Å². The molecule has 0 bridgehead atoms. The molecule has 0 atom stereocenters. The van der Waals surface area contributed by atoms with Crippen molar-refractivity contribution in [1.29, 1.82) is 0 Å². The summed E-state index contributed by atoms with van der Waals surface area (Å²) in [6.07, 6.45) is 0. The number of hydrogen-bond donors (Lipinski definition) is 0. The summed E-state index contributed by atoms with van der Waals surface area (Å²) in [5.74, 6) is 0. The van der Waals surface area contributed by atoms with Gasteiger partial charge in [-0.3, -0.25) is 0 Å². The highest BCUT2D eigenvalue weighted by atomic mass is 15.1. The molecule has 0 aliphatic heterocycles. The Morgan fingerprint density at radius 2 is 0.921 bits per heavy atom. The zero-order chi connectivity index (χ0) is 43.0. The SMILES string of the molecule is Cc1ccc(N(c2ccc(-c3ccc4c(c3)c3cc5c(cc3n4-c3cc(-c4ccccc4)cc(-c4ccccc4)c3)C(C)(C)c3ccccc3-5)cc2)c2ccc(C)cc2C)c(C)c1. The van der Waals surface area contributed by atoms with E-state index < -0.39 is 0 Å². The molecule has 1 aliphatic carbocycles. The van der Waals surface area contributed by atoms with Gasteiger partial charge >= 0.3 is 0 Å². The van der Waals surface area contributed by atoms with Gasteiger partial charge in [-0.15, -0.1) is 0 Å². The monoisotopic (exact) mass is 810 g/mol. The van der Waals surface area contributed by atoms with Crippen molar-refractivity contribution in [2.75, 3.05) is 4.90 Å². The van der Waals surface area contributed by atoms with E-state index in [1.165, 1.54) is 111 Å². The normalized spacial score (nSPS) is 12.7.